The number of rotatable bonds is 4. The molecule has 0 aliphatic carbocycles. The molecule has 0 saturated carbocycles. The first-order chi connectivity index (χ1) is 6.46. The van der Waals surface area contributed by atoms with E-state index in [1.165, 1.54) is 0 Å². The third kappa shape index (κ3) is 2.46. The summed E-state index contributed by atoms with van der Waals surface area (Å²) in [6, 6.07) is 2.15. The smallest absolute Gasteiger partial charge is 0.234 e. The van der Waals surface area contributed by atoms with Gasteiger partial charge in [-0.05, 0) is 26.7 Å². The van der Waals surface area contributed by atoms with Crippen LogP contribution < -0.4 is 5.73 Å². The minimum Gasteiger partial charge on any atom is -0.368 e. The standard InChI is InChI=1S/C10H17N3O/c1-10(2,7-11)4-6-13-5-3-8(13)9(12)14/h8H,3-6H2,1-2H3,(H2,12,14). The number of nitrogens with two attached hydrogens (primary N) is 1. The second-order valence-corrected chi connectivity index (χ2v) is 4.49. The van der Waals surface area contributed by atoms with Gasteiger partial charge >= 0.3 is 0 Å². The van der Waals surface area contributed by atoms with Crippen molar-refractivity contribution >= 4 is 5.91 Å². The molecular weight excluding hydrogens is 178 g/mol. The van der Waals surface area contributed by atoms with Crippen molar-refractivity contribution in [2.75, 3.05) is 13.1 Å². The molecule has 1 aliphatic rings. The summed E-state index contributed by atoms with van der Waals surface area (Å²) < 4.78 is 0. The number of carbonyl (C=O) groups excluding carboxylic acids is 1. The highest BCUT2D eigenvalue weighted by atomic mass is 16.1. The SMILES string of the molecule is CC(C)(C#N)CCN1CCC1C(N)=O. The zero-order valence-corrected chi connectivity index (χ0v) is 8.79. The van der Waals surface area contributed by atoms with E-state index in [1.54, 1.807) is 0 Å². The fraction of sp³-hybridized carbons (Fsp3) is 0.800. The van der Waals surface area contributed by atoms with E-state index >= 15 is 0 Å². The van der Waals surface area contributed by atoms with Gasteiger partial charge in [0.1, 0.15) is 0 Å². The summed E-state index contributed by atoms with van der Waals surface area (Å²) in [5.41, 5.74) is 4.91. The lowest BCUT2D eigenvalue weighted by atomic mass is 9.90. The lowest BCUT2D eigenvalue weighted by Gasteiger charge is -2.39. The number of likely N-dealkylation sites (tertiary alicyclic amines) is 1. The number of nitriles is 1. The van der Waals surface area contributed by atoms with Crippen molar-refractivity contribution in [3.8, 4) is 6.07 Å². The van der Waals surface area contributed by atoms with Crippen LogP contribution in [0.5, 0.6) is 0 Å². The molecule has 0 spiro atoms. The lowest BCUT2D eigenvalue weighted by Crippen LogP contribution is -2.55. The van der Waals surface area contributed by atoms with Crippen LogP contribution in [0.1, 0.15) is 26.7 Å². The highest BCUT2D eigenvalue weighted by Gasteiger charge is 2.33. The van der Waals surface area contributed by atoms with Crippen LogP contribution in [0.15, 0.2) is 0 Å². The third-order valence-electron chi connectivity index (χ3n) is 2.79. The Labute approximate surface area is 84.7 Å². The normalized spacial score (nSPS) is 22.5. The second kappa shape index (κ2) is 3.97. The summed E-state index contributed by atoms with van der Waals surface area (Å²) >= 11 is 0. The summed E-state index contributed by atoms with van der Waals surface area (Å²) in [5, 5.41) is 8.81. The fourth-order valence-corrected chi connectivity index (χ4v) is 1.51. The number of primary amides is 1. The minimum atomic E-state index is -0.308. The van der Waals surface area contributed by atoms with E-state index in [0.717, 1.165) is 25.9 Å². The summed E-state index contributed by atoms with van der Waals surface area (Å²) in [5.74, 6) is -0.244. The molecule has 1 amide bonds. The molecular formula is C10H17N3O. The van der Waals surface area contributed by atoms with Gasteiger partial charge in [-0.15, -0.1) is 0 Å². The Bertz CT molecular complexity index is 267. The molecule has 1 rings (SSSR count). The topological polar surface area (TPSA) is 70.1 Å². The molecule has 1 unspecified atom stereocenters. The third-order valence-corrected chi connectivity index (χ3v) is 2.79. The van der Waals surface area contributed by atoms with Gasteiger partial charge in [0.15, 0.2) is 0 Å². The summed E-state index contributed by atoms with van der Waals surface area (Å²) in [7, 11) is 0. The maximum absolute atomic E-state index is 10.9. The Balaban J connectivity index is 2.34. The Kier molecular flexibility index (Phi) is 3.12. The van der Waals surface area contributed by atoms with E-state index in [9.17, 15) is 4.79 Å². The molecule has 1 aliphatic heterocycles. The molecule has 1 fully saturated rings. The van der Waals surface area contributed by atoms with Gasteiger partial charge in [-0.25, -0.2) is 0 Å². The first kappa shape index (κ1) is 11.0. The Morgan fingerprint density at radius 2 is 2.36 bits per heavy atom. The molecule has 0 aromatic rings. The number of hydrogen-bond donors (Lipinski definition) is 1. The Morgan fingerprint density at radius 1 is 1.71 bits per heavy atom. The van der Waals surface area contributed by atoms with Gasteiger partial charge in [0.2, 0.25) is 5.91 Å². The molecule has 14 heavy (non-hydrogen) atoms. The van der Waals surface area contributed by atoms with Gasteiger partial charge in [-0.3, -0.25) is 9.69 Å². The fourth-order valence-electron chi connectivity index (χ4n) is 1.51. The van der Waals surface area contributed by atoms with Gasteiger partial charge in [0.05, 0.1) is 17.5 Å². The Hall–Kier alpha value is -1.08. The van der Waals surface area contributed by atoms with E-state index in [-0.39, 0.29) is 17.4 Å². The van der Waals surface area contributed by atoms with Gasteiger partial charge in [0.25, 0.3) is 0 Å². The van der Waals surface area contributed by atoms with Crippen molar-refractivity contribution < 1.29 is 4.79 Å². The van der Waals surface area contributed by atoms with Crippen LogP contribution in [0.25, 0.3) is 0 Å². The first-order valence-corrected chi connectivity index (χ1v) is 4.91. The van der Waals surface area contributed by atoms with E-state index < -0.39 is 0 Å². The maximum atomic E-state index is 10.9. The van der Waals surface area contributed by atoms with Crippen LogP contribution in [0.2, 0.25) is 0 Å². The number of hydrogen-bond acceptors (Lipinski definition) is 3. The maximum Gasteiger partial charge on any atom is 0.234 e. The minimum absolute atomic E-state index is 0.0931. The molecule has 0 aromatic carbocycles. The van der Waals surface area contributed by atoms with E-state index in [4.69, 9.17) is 11.0 Å². The number of nitrogens with zero attached hydrogens (tertiary/aromatic N) is 2. The lowest BCUT2D eigenvalue weighted by molar-refractivity contribution is -0.127. The molecule has 0 bridgehead atoms. The van der Waals surface area contributed by atoms with Crippen molar-refractivity contribution in [2.24, 2.45) is 11.1 Å². The summed E-state index contributed by atoms with van der Waals surface area (Å²) in [6.45, 7) is 5.53. The average molecular weight is 195 g/mol. The van der Waals surface area contributed by atoms with Crippen molar-refractivity contribution in [1.29, 1.82) is 5.26 Å². The molecule has 1 atom stereocenters. The average Bonchev–Trinajstić information content (AvgIpc) is 2.01. The number of amides is 1. The highest BCUT2D eigenvalue weighted by molar-refractivity contribution is 5.80. The Morgan fingerprint density at radius 3 is 2.71 bits per heavy atom. The van der Waals surface area contributed by atoms with Crippen molar-refractivity contribution in [3.63, 3.8) is 0 Å². The first-order valence-electron chi connectivity index (χ1n) is 4.91. The van der Waals surface area contributed by atoms with E-state index in [1.807, 2.05) is 18.7 Å². The molecule has 4 nitrogen and oxygen atoms in total. The van der Waals surface area contributed by atoms with Gasteiger partial charge in [-0.2, -0.15) is 5.26 Å². The zero-order valence-electron chi connectivity index (χ0n) is 8.79. The van der Waals surface area contributed by atoms with E-state index in [2.05, 4.69) is 6.07 Å². The quantitative estimate of drug-likeness (QED) is 0.709. The van der Waals surface area contributed by atoms with Crippen LogP contribution in [0.3, 0.4) is 0 Å². The molecule has 1 saturated heterocycles. The van der Waals surface area contributed by atoms with Crippen molar-refractivity contribution in [3.05, 3.63) is 0 Å². The molecule has 1 heterocycles. The highest BCUT2D eigenvalue weighted by Crippen LogP contribution is 2.23. The predicted octanol–water partition coefficient (Wildman–Crippen LogP) is 0.486. The van der Waals surface area contributed by atoms with Crippen LogP contribution >= 0.6 is 0 Å². The molecule has 0 radical (unpaired) electrons. The van der Waals surface area contributed by atoms with Crippen molar-refractivity contribution in [1.82, 2.24) is 4.90 Å². The van der Waals surface area contributed by atoms with Crippen LogP contribution in [0, 0.1) is 16.7 Å². The van der Waals surface area contributed by atoms with Gasteiger partial charge in [0, 0.05) is 13.1 Å². The molecule has 2 N–H and O–H groups in total. The summed E-state index contributed by atoms with van der Waals surface area (Å²) in [4.78, 5) is 12.9. The molecule has 0 aromatic heterocycles. The van der Waals surface area contributed by atoms with Crippen LogP contribution in [-0.4, -0.2) is 29.9 Å². The number of carbonyl (C=O) groups is 1. The molecule has 4 heteroatoms. The predicted molar refractivity (Wildman–Crippen MR) is 53.2 cm³/mol. The van der Waals surface area contributed by atoms with Crippen LogP contribution in [-0.2, 0) is 4.79 Å². The van der Waals surface area contributed by atoms with Crippen molar-refractivity contribution in [2.45, 2.75) is 32.7 Å². The van der Waals surface area contributed by atoms with Gasteiger partial charge in [-0.1, -0.05) is 0 Å². The van der Waals surface area contributed by atoms with Crippen LogP contribution in [0.4, 0.5) is 0 Å². The summed E-state index contributed by atoms with van der Waals surface area (Å²) in [6.07, 6.45) is 1.65. The monoisotopic (exact) mass is 195 g/mol. The zero-order chi connectivity index (χ0) is 10.8. The van der Waals surface area contributed by atoms with E-state index in [0.29, 0.717) is 0 Å². The second-order valence-electron chi connectivity index (χ2n) is 4.49. The largest absolute Gasteiger partial charge is 0.368 e. The molecule has 78 valence electrons. The van der Waals surface area contributed by atoms with Gasteiger partial charge < -0.3 is 5.73 Å².